The van der Waals surface area contributed by atoms with Crippen molar-refractivity contribution in [2.24, 2.45) is 5.92 Å². The van der Waals surface area contributed by atoms with Crippen molar-refractivity contribution in [2.75, 3.05) is 18.0 Å². The zero-order valence-electron chi connectivity index (χ0n) is 10.9. The normalized spacial score (nSPS) is 19.8. The van der Waals surface area contributed by atoms with Crippen LogP contribution in [0.25, 0.3) is 5.65 Å². The summed E-state index contributed by atoms with van der Waals surface area (Å²) in [6, 6.07) is 3.90. The summed E-state index contributed by atoms with van der Waals surface area (Å²) in [6.45, 7) is 4.40. The minimum absolute atomic E-state index is 0.0872. The fourth-order valence-corrected chi connectivity index (χ4v) is 2.69. The molecule has 1 saturated heterocycles. The van der Waals surface area contributed by atoms with Crippen molar-refractivity contribution in [1.29, 1.82) is 0 Å². The smallest absolute Gasteiger partial charge is 0.356 e. The predicted octanol–water partition coefficient (Wildman–Crippen LogP) is 2.27. The summed E-state index contributed by atoms with van der Waals surface area (Å²) >= 11 is 0. The molecule has 2 aromatic heterocycles. The van der Waals surface area contributed by atoms with E-state index in [-0.39, 0.29) is 5.69 Å². The second kappa shape index (κ2) is 4.57. The molecular formula is C14H17N3O2. The first-order chi connectivity index (χ1) is 9.13. The minimum Gasteiger partial charge on any atom is -0.476 e. The molecule has 1 aliphatic heterocycles. The van der Waals surface area contributed by atoms with Gasteiger partial charge in [0.15, 0.2) is 5.69 Å². The van der Waals surface area contributed by atoms with Crippen molar-refractivity contribution in [2.45, 2.75) is 19.8 Å². The van der Waals surface area contributed by atoms with Crippen LogP contribution < -0.4 is 4.90 Å². The van der Waals surface area contributed by atoms with Crippen LogP contribution in [0.2, 0.25) is 0 Å². The largest absolute Gasteiger partial charge is 0.476 e. The summed E-state index contributed by atoms with van der Waals surface area (Å²) in [6.07, 6.45) is 6.03. The van der Waals surface area contributed by atoms with Crippen LogP contribution in [0.4, 0.5) is 5.69 Å². The fourth-order valence-electron chi connectivity index (χ4n) is 2.69. The Labute approximate surface area is 111 Å². The molecule has 0 radical (unpaired) electrons. The molecule has 100 valence electrons. The molecular weight excluding hydrogens is 242 g/mol. The van der Waals surface area contributed by atoms with E-state index in [4.69, 9.17) is 5.11 Å². The van der Waals surface area contributed by atoms with Gasteiger partial charge in [-0.25, -0.2) is 9.78 Å². The number of imidazole rings is 1. The molecule has 5 heteroatoms. The number of carboxylic acids is 1. The van der Waals surface area contributed by atoms with Gasteiger partial charge in [-0.3, -0.25) is 0 Å². The molecule has 19 heavy (non-hydrogen) atoms. The summed E-state index contributed by atoms with van der Waals surface area (Å²) in [5.74, 6) is -0.279. The van der Waals surface area contributed by atoms with Gasteiger partial charge >= 0.3 is 5.97 Å². The molecule has 0 saturated carbocycles. The molecule has 1 N–H and O–H groups in total. The molecule has 1 atom stereocenters. The highest BCUT2D eigenvalue weighted by atomic mass is 16.4. The fraction of sp³-hybridized carbons (Fsp3) is 0.429. The number of carboxylic acid groups (broad SMARTS) is 1. The summed E-state index contributed by atoms with van der Waals surface area (Å²) in [5.41, 5.74) is 1.89. The van der Waals surface area contributed by atoms with Crippen LogP contribution in [-0.4, -0.2) is 33.6 Å². The van der Waals surface area contributed by atoms with Gasteiger partial charge in [-0.15, -0.1) is 0 Å². The van der Waals surface area contributed by atoms with E-state index in [9.17, 15) is 4.79 Å². The molecule has 2 aromatic rings. The van der Waals surface area contributed by atoms with Gasteiger partial charge in [0.05, 0.1) is 5.69 Å². The third-order valence-electron chi connectivity index (χ3n) is 3.68. The van der Waals surface area contributed by atoms with Crippen LogP contribution in [0.1, 0.15) is 30.3 Å². The Balaban J connectivity index is 1.94. The lowest BCUT2D eigenvalue weighted by Gasteiger charge is -2.32. The molecule has 3 heterocycles. The Hall–Kier alpha value is -2.04. The quantitative estimate of drug-likeness (QED) is 0.898. The molecule has 0 aliphatic carbocycles. The Morgan fingerprint density at radius 2 is 2.26 bits per heavy atom. The first-order valence-electron chi connectivity index (χ1n) is 6.60. The predicted molar refractivity (Wildman–Crippen MR) is 72.8 cm³/mol. The van der Waals surface area contributed by atoms with Crippen LogP contribution >= 0.6 is 0 Å². The molecule has 3 rings (SSSR count). The topological polar surface area (TPSA) is 57.8 Å². The first-order valence-corrected chi connectivity index (χ1v) is 6.60. The van der Waals surface area contributed by atoms with Gasteiger partial charge in [-0.05, 0) is 30.9 Å². The summed E-state index contributed by atoms with van der Waals surface area (Å²) in [4.78, 5) is 17.3. The molecule has 1 aliphatic rings. The van der Waals surface area contributed by atoms with Crippen LogP contribution in [0.3, 0.4) is 0 Å². The summed E-state index contributed by atoms with van der Waals surface area (Å²) in [5, 5.41) is 8.95. The second-order valence-corrected chi connectivity index (χ2v) is 5.28. The van der Waals surface area contributed by atoms with E-state index in [2.05, 4.69) is 16.8 Å². The number of aromatic carboxylic acids is 1. The molecule has 0 amide bonds. The van der Waals surface area contributed by atoms with Gasteiger partial charge in [0.2, 0.25) is 0 Å². The third kappa shape index (κ3) is 2.28. The molecule has 0 aromatic carbocycles. The average Bonchev–Trinajstić information content (AvgIpc) is 2.81. The Bertz CT molecular complexity index is 620. The number of piperidine rings is 1. The number of pyridine rings is 1. The number of anilines is 1. The molecule has 1 fully saturated rings. The van der Waals surface area contributed by atoms with Crippen molar-refractivity contribution in [3.05, 3.63) is 30.2 Å². The van der Waals surface area contributed by atoms with Gasteiger partial charge in [0, 0.05) is 25.5 Å². The van der Waals surface area contributed by atoms with E-state index in [1.54, 1.807) is 10.6 Å². The van der Waals surface area contributed by atoms with Gasteiger partial charge < -0.3 is 14.4 Å². The lowest BCUT2D eigenvalue weighted by atomic mass is 10.00. The average molecular weight is 259 g/mol. The van der Waals surface area contributed by atoms with Crippen LogP contribution in [0.5, 0.6) is 0 Å². The van der Waals surface area contributed by atoms with Gasteiger partial charge in [0.1, 0.15) is 5.65 Å². The van der Waals surface area contributed by atoms with E-state index in [0.717, 1.165) is 18.8 Å². The molecule has 1 unspecified atom stereocenters. The zero-order valence-corrected chi connectivity index (χ0v) is 10.9. The van der Waals surface area contributed by atoms with E-state index >= 15 is 0 Å². The Morgan fingerprint density at radius 1 is 1.42 bits per heavy atom. The maximum Gasteiger partial charge on any atom is 0.356 e. The second-order valence-electron chi connectivity index (χ2n) is 5.28. The molecule has 0 spiro atoms. The number of hydrogen-bond acceptors (Lipinski definition) is 3. The van der Waals surface area contributed by atoms with Crippen LogP contribution in [0.15, 0.2) is 24.5 Å². The third-order valence-corrected chi connectivity index (χ3v) is 3.68. The first kappa shape index (κ1) is 12.0. The van der Waals surface area contributed by atoms with Gasteiger partial charge in [-0.1, -0.05) is 6.92 Å². The summed E-state index contributed by atoms with van der Waals surface area (Å²) < 4.78 is 1.79. The highest BCUT2D eigenvalue weighted by Gasteiger charge is 2.17. The Kier molecular flexibility index (Phi) is 2.89. The van der Waals surface area contributed by atoms with Crippen molar-refractivity contribution >= 4 is 17.3 Å². The number of nitrogens with zero attached hydrogens (tertiary/aromatic N) is 3. The lowest BCUT2D eigenvalue weighted by Crippen LogP contribution is -2.34. The number of aromatic nitrogens is 2. The minimum atomic E-state index is -0.989. The van der Waals surface area contributed by atoms with Crippen molar-refractivity contribution in [3.8, 4) is 0 Å². The summed E-state index contributed by atoms with van der Waals surface area (Å²) in [7, 11) is 0. The monoisotopic (exact) mass is 259 g/mol. The number of fused-ring (bicyclic) bond motifs is 1. The number of carbonyl (C=O) groups is 1. The highest BCUT2D eigenvalue weighted by molar-refractivity contribution is 5.86. The van der Waals surface area contributed by atoms with Crippen LogP contribution in [-0.2, 0) is 0 Å². The Morgan fingerprint density at radius 3 is 3.00 bits per heavy atom. The van der Waals surface area contributed by atoms with Gasteiger partial charge in [0.25, 0.3) is 0 Å². The number of rotatable bonds is 2. The van der Waals surface area contributed by atoms with Crippen molar-refractivity contribution < 1.29 is 9.90 Å². The maximum absolute atomic E-state index is 10.9. The zero-order chi connectivity index (χ0) is 13.4. The molecule has 5 nitrogen and oxygen atoms in total. The lowest BCUT2D eigenvalue weighted by molar-refractivity contribution is 0.0691. The van der Waals surface area contributed by atoms with Crippen molar-refractivity contribution in [1.82, 2.24) is 9.38 Å². The van der Waals surface area contributed by atoms with E-state index in [0.29, 0.717) is 11.6 Å². The maximum atomic E-state index is 10.9. The van der Waals surface area contributed by atoms with Gasteiger partial charge in [-0.2, -0.15) is 0 Å². The van der Waals surface area contributed by atoms with Crippen molar-refractivity contribution in [3.63, 3.8) is 0 Å². The van der Waals surface area contributed by atoms with E-state index < -0.39 is 5.97 Å². The van der Waals surface area contributed by atoms with E-state index in [1.165, 1.54) is 12.8 Å². The highest BCUT2D eigenvalue weighted by Crippen LogP contribution is 2.23. The standard InChI is InChI=1S/C14H17N3O2/c1-10-3-2-6-16(7-10)11-4-5-13-15-12(14(18)19)9-17(13)8-11/h4-5,8-10H,2-3,6-7H2,1H3,(H,18,19). The van der Waals surface area contributed by atoms with E-state index in [1.807, 2.05) is 18.3 Å². The number of hydrogen-bond donors (Lipinski definition) is 1. The molecule has 0 bridgehead atoms. The van der Waals surface area contributed by atoms with Crippen LogP contribution in [0, 0.1) is 5.92 Å². The SMILES string of the molecule is CC1CCCN(c2ccc3nc(C(=O)O)cn3c2)C1.